The quantitative estimate of drug-likeness (QED) is 0.624. The van der Waals surface area contributed by atoms with Gasteiger partial charge >= 0.3 is 0 Å². The van der Waals surface area contributed by atoms with Crippen LogP contribution in [0.3, 0.4) is 0 Å². The van der Waals surface area contributed by atoms with Crippen molar-refractivity contribution in [3.8, 4) is 0 Å². The van der Waals surface area contributed by atoms with Gasteiger partial charge in [-0.1, -0.05) is 0 Å². The lowest BCUT2D eigenvalue weighted by Gasteiger charge is -1.92. The Balaban J connectivity index is 2.88. The largest absolute Gasteiger partial charge is 0.257 e. The molecule has 74 valence electrons. The van der Waals surface area contributed by atoms with Crippen LogP contribution in [0.15, 0.2) is 12.3 Å². The van der Waals surface area contributed by atoms with Gasteiger partial charge in [0.1, 0.15) is 0 Å². The van der Waals surface area contributed by atoms with Crippen LogP contribution in [0, 0.1) is 13.8 Å². The fourth-order valence-corrected chi connectivity index (χ4v) is 1.94. The lowest BCUT2D eigenvalue weighted by Crippen LogP contribution is -2.30. The van der Waals surface area contributed by atoms with Gasteiger partial charge in [0.05, 0.1) is 19.8 Å². The topological polar surface area (TPSA) is 21.7 Å². The molecule has 0 fully saturated rings. The van der Waals surface area contributed by atoms with Crippen LogP contribution in [0.1, 0.15) is 18.4 Å². The molecule has 0 radical (unpaired) electrons. The van der Waals surface area contributed by atoms with Crippen LogP contribution in [0.4, 0.5) is 0 Å². The Morgan fingerprint density at radius 3 is 2.79 bits per heavy atom. The number of hydrogen-bond acceptors (Lipinski definition) is 1. The SMILES string of the molecule is CCn1c(C)[n+](C)c2cc(C)ncc21. The molecule has 2 aromatic rings. The molecule has 2 aromatic heterocycles. The molecule has 0 saturated heterocycles. The van der Waals surface area contributed by atoms with E-state index in [0.717, 1.165) is 12.2 Å². The Hall–Kier alpha value is -1.38. The van der Waals surface area contributed by atoms with Crippen molar-refractivity contribution in [1.82, 2.24) is 9.55 Å². The molecule has 2 rings (SSSR count). The van der Waals surface area contributed by atoms with Gasteiger partial charge in [-0.25, -0.2) is 9.13 Å². The Morgan fingerprint density at radius 2 is 2.14 bits per heavy atom. The predicted octanol–water partition coefficient (Wildman–Crippen LogP) is 1.50. The molecule has 0 N–H and O–H groups in total. The van der Waals surface area contributed by atoms with Gasteiger partial charge in [0, 0.05) is 18.7 Å². The summed E-state index contributed by atoms with van der Waals surface area (Å²) in [6.07, 6.45) is 1.96. The van der Waals surface area contributed by atoms with E-state index in [-0.39, 0.29) is 0 Å². The first-order chi connectivity index (χ1) is 6.65. The highest BCUT2D eigenvalue weighted by Gasteiger charge is 2.17. The van der Waals surface area contributed by atoms with Gasteiger partial charge in [0.15, 0.2) is 11.0 Å². The highest BCUT2D eigenvalue weighted by Crippen LogP contribution is 2.13. The maximum atomic E-state index is 4.34. The number of pyridine rings is 1. The van der Waals surface area contributed by atoms with Crippen LogP contribution in [0.25, 0.3) is 11.0 Å². The average molecular weight is 190 g/mol. The zero-order valence-corrected chi connectivity index (χ0v) is 9.20. The molecule has 0 bridgehead atoms. The van der Waals surface area contributed by atoms with E-state index in [0.29, 0.717) is 0 Å². The van der Waals surface area contributed by atoms with Crippen molar-refractivity contribution in [3.63, 3.8) is 0 Å². The van der Waals surface area contributed by atoms with E-state index in [4.69, 9.17) is 0 Å². The molecule has 2 heterocycles. The number of aryl methyl sites for hydroxylation is 3. The summed E-state index contributed by atoms with van der Waals surface area (Å²) in [5.74, 6) is 1.27. The zero-order valence-electron chi connectivity index (χ0n) is 9.20. The lowest BCUT2D eigenvalue weighted by molar-refractivity contribution is -0.652. The molecular weight excluding hydrogens is 174 g/mol. The minimum absolute atomic E-state index is 0.994. The van der Waals surface area contributed by atoms with E-state index in [1.54, 1.807) is 0 Å². The van der Waals surface area contributed by atoms with Gasteiger partial charge in [-0.15, -0.1) is 0 Å². The molecular formula is C11H16N3+. The minimum atomic E-state index is 0.994. The summed E-state index contributed by atoms with van der Waals surface area (Å²) in [4.78, 5) is 4.34. The molecule has 0 aliphatic rings. The molecule has 0 aliphatic heterocycles. The summed E-state index contributed by atoms with van der Waals surface area (Å²) in [5.41, 5.74) is 3.55. The highest BCUT2D eigenvalue weighted by molar-refractivity contribution is 5.71. The van der Waals surface area contributed by atoms with Crippen LogP contribution in [0.5, 0.6) is 0 Å². The van der Waals surface area contributed by atoms with Crippen LogP contribution in [-0.4, -0.2) is 9.55 Å². The average Bonchev–Trinajstić information content (AvgIpc) is 2.41. The maximum Gasteiger partial charge on any atom is 0.254 e. The van der Waals surface area contributed by atoms with Gasteiger partial charge in [0.25, 0.3) is 5.82 Å². The van der Waals surface area contributed by atoms with Crippen molar-refractivity contribution in [2.24, 2.45) is 7.05 Å². The second-order valence-electron chi connectivity index (χ2n) is 3.66. The van der Waals surface area contributed by atoms with Crippen LogP contribution >= 0.6 is 0 Å². The second-order valence-corrected chi connectivity index (χ2v) is 3.66. The molecule has 0 spiro atoms. The van der Waals surface area contributed by atoms with E-state index in [2.05, 4.69) is 41.1 Å². The van der Waals surface area contributed by atoms with Crippen LogP contribution in [-0.2, 0) is 13.6 Å². The minimum Gasteiger partial charge on any atom is -0.257 e. The summed E-state index contributed by atoms with van der Waals surface area (Å²) in [6, 6.07) is 2.13. The molecule has 0 amide bonds. The van der Waals surface area contributed by atoms with E-state index in [1.165, 1.54) is 16.9 Å². The van der Waals surface area contributed by atoms with E-state index >= 15 is 0 Å². The number of aromatic nitrogens is 3. The van der Waals surface area contributed by atoms with Crippen molar-refractivity contribution in [2.45, 2.75) is 27.3 Å². The molecule has 0 saturated carbocycles. The third kappa shape index (κ3) is 1.12. The fraction of sp³-hybridized carbons (Fsp3) is 0.455. The maximum absolute atomic E-state index is 4.34. The summed E-state index contributed by atoms with van der Waals surface area (Å²) >= 11 is 0. The van der Waals surface area contributed by atoms with Gasteiger partial charge < -0.3 is 0 Å². The highest BCUT2D eigenvalue weighted by atomic mass is 15.2. The summed E-state index contributed by atoms with van der Waals surface area (Å²) < 4.78 is 4.50. The fourth-order valence-electron chi connectivity index (χ4n) is 1.94. The first-order valence-electron chi connectivity index (χ1n) is 4.96. The Bertz CT molecular complexity index is 483. The Kier molecular flexibility index (Phi) is 2.02. The molecule has 3 heteroatoms. The summed E-state index contributed by atoms with van der Waals surface area (Å²) in [5, 5.41) is 0. The molecule has 0 atom stereocenters. The van der Waals surface area contributed by atoms with Gasteiger partial charge in [-0.05, 0) is 13.8 Å². The standard InChI is InChI=1S/C11H16N3/c1-5-14-9(3)13(4)10-6-8(2)12-7-11(10)14/h6-7H,5H2,1-4H3/q+1. The Morgan fingerprint density at radius 1 is 1.43 bits per heavy atom. The third-order valence-electron chi connectivity index (χ3n) is 2.84. The van der Waals surface area contributed by atoms with E-state index < -0.39 is 0 Å². The number of hydrogen-bond donors (Lipinski definition) is 0. The normalized spacial score (nSPS) is 11.1. The van der Waals surface area contributed by atoms with Crippen LogP contribution < -0.4 is 4.57 Å². The van der Waals surface area contributed by atoms with E-state index in [1.807, 2.05) is 13.1 Å². The van der Waals surface area contributed by atoms with Gasteiger partial charge in [-0.2, -0.15) is 0 Å². The van der Waals surface area contributed by atoms with Gasteiger partial charge in [0.2, 0.25) is 0 Å². The molecule has 0 aliphatic carbocycles. The molecule has 0 unspecified atom stereocenters. The van der Waals surface area contributed by atoms with Crippen molar-refractivity contribution >= 4 is 11.0 Å². The molecule has 14 heavy (non-hydrogen) atoms. The van der Waals surface area contributed by atoms with Crippen molar-refractivity contribution in [1.29, 1.82) is 0 Å². The smallest absolute Gasteiger partial charge is 0.254 e. The van der Waals surface area contributed by atoms with Crippen molar-refractivity contribution in [2.75, 3.05) is 0 Å². The summed E-state index contributed by atoms with van der Waals surface area (Å²) in [6.45, 7) is 7.32. The van der Waals surface area contributed by atoms with Gasteiger partial charge in [-0.3, -0.25) is 4.98 Å². The third-order valence-corrected chi connectivity index (χ3v) is 2.84. The first-order valence-corrected chi connectivity index (χ1v) is 4.96. The first kappa shape index (κ1) is 9.19. The number of fused-ring (bicyclic) bond motifs is 1. The zero-order chi connectivity index (χ0) is 10.3. The van der Waals surface area contributed by atoms with E-state index in [9.17, 15) is 0 Å². The van der Waals surface area contributed by atoms with Crippen molar-refractivity contribution < 1.29 is 4.57 Å². The summed E-state index contributed by atoms with van der Waals surface area (Å²) in [7, 11) is 2.10. The Labute approximate surface area is 84.0 Å². The predicted molar refractivity (Wildman–Crippen MR) is 56.1 cm³/mol. The molecule has 0 aromatic carbocycles. The van der Waals surface area contributed by atoms with Crippen molar-refractivity contribution in [3.05, 3.63) is 23.8 Å². The monoisotopic (exact) mass is 190 g/mol. The van der Waals surface area contributed by atoms with Crippen LogP contribution in [0.2, 0.25) is 0 Å². The second kappa shape index (κ2) is 3.08. The lowest BCUT2D eigenvalue weighted by atomic mass is 10.3. The number of rotatable bonds is 1. The number of nitrogens with zero attached hydrogens (tertiary/aromatic N) is 3. The number of imidazole rings is 1. The molecule has 3 nitrogen and oxygen atoms in total.